The summed E-state index contributed by atoms with van der Waals surface area (Å²) >= 11 is 6.24. The third-order valence-corrected chi connectivity index (χ3v) is 5.20. The third kappa shape index (κ3) is 4.07. The van der Waals surface area contributed by atoms with Gasteiger partial charge in [0.15, 0.2) is 0 Å². The summed E-state index contributed by atoms with van der Waals surface area (Å²) in [6, 6.07) is 23.8. The molecule has 0 aliphatic heterocycles. The highest BCUT2D eigenvalue weighted by Gasteiger charge is 2.44. The van der Waals surface area contributed by atoms with Crippen LogP contribution in [0, 0.1) is 5.92 Å². The molecule has 1 aliphatic rings. The van der Waals surface area contributed by atoms with Gasteiger partial charge in [0.1, 0.15) is 0 Å². The van der Waals surface area contributed by atoms with E-state index in [4.69, 9.17) is 11.6 Å². The Bertz CT molecular complexity index is 1020. The van der Waals surface area contributed by atoms with E-state index in [1.165, 1.54) is 0 Å². The van der Waals surface area contributed by atoms with Crippen molar-refractivity contribution in [3.8, 4) is 0 Å². The lowest BCUT2D eigenvalue weighted by atomic mass is 10.1. The number of nitrogens with one attached hydrogen (secondary N) is 2. The summed E-state index contributed by atoms with van der Waals surface area (Å²) in [6.07, 6.45) is 0.792. The summed E-state index contributed by atoms with van der Waals surface area (Å²) in [5.74, 6) is -0.140. The van der Waals surface area contributed by atoms with Gasteiger partial charge in [0.25, 0.3) is 5.91 Å². The number of carbonyl (C=O) groups is 2. The van der Waals surface area contributed by atoms with E-state index in [2.05, 4.69) is 10.6 Å². The van der Waals surface area contributed by atoms with Crippen molar-refractivity contribution < 1.29 is 9.59 Å². The normalized spacial score (nSPS) is 17.6. The molecule has 28 heavy (non-hydrogen) atoms. The van der Waals surface area contributed by atoms with Crippen LogP contribution < -0.4 is 10.6 Å². The molecule has 0 bridgehead atoms. The third-order valence-electron chi connectivity index (χ3n) is 4.86. The zero-order valence-corrected chi connectivity index (χ0v) is 15.8. The Kier molecular flexibility index (Phi) is 5.13. The maximum Gasteiger partial charge on any atom is 0.255 e. The van der Waals surface area contributed by atoms with Crippen LogP contribution in [-0.4, -0.2) is 11.8 Å². The molecule has 0 heterocycles. The highest BCUT2D eigenvalue weighted by molar-refractivity contribution is 6.31. The first kappa shape index (κ1) is 18.3. The summed E-state index contributed by atoms with van der Waals surface area (Å²) in [5, 5.41) is 6.50. The van der Waals surface area contributed by atoms with Gasteiger partial charge in [-0.15, -0.1) is 0 Å². The molecule has 140 valence electrons. The molecular weight excluding hydrogens is 372 g/mol. The van der Waals surface area contributed by atoms with Crippen LogP contribution in [0.1, 0.15) is 28.3 Å². The van der Waals surface area contributed by atoms with Crippen LogP contribution in [-0.2, 0) is 4.79 Å². The van der Waals surface area contributed by atoms with Crippen LogP contribution in [0.15, 0.2) is 78.9 Å². The molecule has 2 atom stereocenters. The maximum absolute atomic E-state index is 12.6. The molecule has 1 aliphatic carbocycles. The van der Waals surface area contributed by atoms with E-state index in [0.29, 0.717) is 22.0 Å². The molecule has 4 rings (SSSR count). The van der Waals surface area contributed by atoms with Crippen molar-refractivity contribution in [1.82, 2.24) is 0 Å². The molecule has 0 spiro atoms. The fourth-order valence-corrected chi connectivity index (χ4v) is 3.58. The van der Waals surface area contributed by atoms with Gasteiger partial charge in [0.05, 0.1) is 0 Å². The number of benzene rings is 3. The Labute approximate surface area is 168 Å². The molecule has 4 nitrogen and oxygen atoms in total. The van der Waals surface area contributed by atoms with Gasteiger partial charge in [-0.25, -0.2) is 0 Å². The number of carbonyl (C=O) groups excluding carboxylic acids is 2. The standard InChI is InChI=1S/C23H19ClN2O2/c24-21-12-5-4-11-18(21)19-14-20(19)23(28)26-17-10-6-9-16(13-17)25-22(27)15-7-2-1-3-8-15/h1-13,19-20H,14H2,(H,25,27)(H,26,28). The maximum atomic E-state index is 12.6. The topological polar surface area (TPSA) is 58.2 Å². The lowest BCUT2D eigenvalue weighted by Crippen LogP contribution is -2.15. The van der Waals surface area contributed by atoms with Crippen molar-refractivity contribution in [2.24, 2.45) is 5.92 Å². The van der Waals surface area contributed by atoms with Crippen LogP contribution in [0.2, 0.25) is 5.02 Å². The molecule has 0 aromatic heterocycles. The molecule has 1 fully saturated rings. The van der Waals surface area contributed by atoms with Crippen molar-refractivity contribution >= 4 is 34.8 Å². The van der Waals surface area contributed by atoms with E-state index in [1.54, 1.807) is 30.3 Å². The van der Waals surface area contributed by atoms with Crippen LogP contribution in [0.4, 0.5) is 11.4 Å². The predicted molar refractivity (Wildman–Crippen MR) is 112 cm³/mol. The lowest BCUT2D eigenvalue weighted by molar-refractivity contribution is -0.117. The highest BCUT2D eigenvalue weighted by atomic mass is 35.5. The second-order valence-corrected chi connectivity index (χ2v) is 7.27. The number of halogens is 1. The fraction of sp³-hybridized carbons (Fsp3) is 0.130. The zero-order chi connectivity index (χ0) is 19.5. The van der Waals surface area contributed by atoms with Gasteiger partial charge in [-0.1, -0.05) is 54.1 Å². The second-order valence-electron chi connectivity index (χ2n) is 6.86. The Morgan fingerprint density at radius 1 is 0.821 bits per heavy atom. The van der Waals surface area contributed by atoms with Gasteiger partial charge in [-0.3, -0.25) is 9.59 Å². The van der Waals surface area contributed by atoms with Crippen molar-refractivity contribution in [1.29, 1.82) is 0 Å². The van der Waals surface area contributed by atoms with Gasteiger partial charge >= 0.3 is 0 Å². The zero-order valence-electron chi connectivity index (χ0n) is 15.1. The first-order valence-corrected chi connectivity index (χ1v) is 9.51. The average molecular weight is 391 g/mol. The Balaban J connectivity index is 1.39. The van der Waals surface area contributed by atoms with Crippen LogP contribution in [0.5, 0.6) is 0 Å². The molecule has 2 amide bonds. The fourth-order valence-electron chi connectivity index (χ4n) is 3.31. The average Bonchev–Trinajstić information content (AvgIpc) is 3.50. The quantitative estimate of drug-likeness (QED) is 0.618. The van der Waals surface area contributed by atoms with Gasteiger partial charge < -0.3 is 10.6 Å². The molecule has 2 unspecified atom stereocenters. The molecule has 5 heteroatoms. The summed E-state index contributed by atoms with van der Waals surface area (Å²) in [7, 11) is 0. The van der Waals surface area contributed by atoms with Crippen molar-refractivity contribution in [3.63, 3.8) is 0 Å². The molecular formula is C23H19ClN2O2. The largest absolute Gasteiger partial charge is 0.326 e. The smallest absolute Gasteiger partial charge is 0.255 e. The van der Waals surface area contributed by atoms with Crippen molar-refractivity contribution in [2.45, 2.75) is 12.3 Å². The SMILES string of the molecule is O=C(Nc1cccc(NC(=O)C2CC2c2ccccc2Cl)c1)c1ccccc1. The van der Waals surface area contributed by atoms with E-state index < -0.39 is 0 Å². The second kappa shape index (κ2) is 7.87. The molecule has 1 saturated carbocycles. The minimum absolute atomic E-state index is 0.0311. The van der Waals surface area contributed by atoms with E-state index in [9.17, 15) is 9.59 Å². The van der Waals surface area contributed by atoms with Crippen molar-refractivity contribution in [2.75, 3.05) is 10.6 Å². The van der Waals surface area contributed by atoms with E-state index >= 15 is 0 Å². The number of hydrogen-bond donors (Lipinski definition) is 2. The molecule has 3 aromatic carbocycles. The van der Waals surface area contributed by atoms with Gasteiger partial charge in [0.2, 0.25) is 5.91 Å². The highest BCUT2D eigenvalue weighted by Crippen LogP contribution is 2.50. The number of hydrogen-bond acceptors (Lipinski definition) is 2. The van der Waals surface area contributed by atoms with Crippen molar-refractivity contribution in [3.05, 3.63) is 95.0 Å². The number of anilines is 2. The Hall–Kier alpha value is -3.11. The Morgan fingerprint density at radius 2 is 1.50 bits per heavy atom. The first-order valence-electron chi connectivity index (χ1n) is 9.13. The summed E-state index contributed by atoms with van der Waals surface area (Å²) in [4.78, 5) is 24.9. The van der Waals surface area contributed by atoms with Crippen LogP contribution >= 0.6 is 11.6 Å². The number of amides is 2. The van der Waals surface area contributed by atoms with Gasteiger partial charge in [-0.2, -0.15) is 0 Å². The lowest BCUT2D eigenvalue weighted by Gasteiger charge is -2.09. The summed E-state index contributed by atoms with van der Waals surface area (Å²) in [5.41, 5.74) is 2.89. The minimum Gasteiger partial charge on any atom is -0.326 e. The molecule has 0 radical (unpaired) electrons. The van der Waals surface area contributed by atoms with Crippen LogP contribution in [0.25, 0.3) is 0 Å². The Morgan fingerprint density at radius 3 is 2.25 bits per heavy atom. The monoisotopic (exact) mass is 390 g/mol. The van der Waals surface area contributed by atoms with Gasteiger partial charge in [0, 0.05) is 27.9 Å². The number of rotatable bonds is 5. The predicted octanol–water partition coefficient (Wildman–Crippen LogP) is 5.33. The minimum atomic E-state index is -0.190. The van der Waals surface area contributed by atoms with E-state index in [1.807, 2.05) is 48.5 Å². The molecule has 3 aromatic rings. The van der Waals surface area contributed by atoms with Crippen LogP contribution in [0.3, 0.4) is 0 Å². The molecule has 0 saturated heterocycles. The summed E-state index contributed by atoms with van der Waals surface area (Å²) in [6.45, 7) is 0. The van der Waals surface area contributed by atoms with Gasteiger partial charge in [-0.05, 0) is 54.3 Å². The molecule has 2 N–H and O–H groups in total. The summed E-state index contributed by atoms with van der Waals surface area (Å²) < 4.78 is 0. The first-order chi connectivity index (χ1) is 13.6. The van der Waals surface area contributed by atoms with E-state index in [-0.39, 0.29) is 23.7 Å². The van der Waals surface area contributed by atoms with E-state index in [0.717, 1.165) is 12.0 Å².